The van der Waals surface area contributed by atoms with Crippen LogP contribution in [0.25, 0.3) is 0 Å². The van der Waals surface area contributed by atoms with Gasteiger partial charge in [-0.25, -0.2) is 0 Å². The molecule has 0 saturated heterocycles. The number of carbonyl (C=O) groups is 1. The van der Waals surface area contributed by atoms with E-state index in [1.807, 2.05) is 6.92 Å². The summed E-state index contributed by atoms with van der Waals surface area (Å²) in [6.45, 7) is 4.85. The summed E-state index contributed by atoms with van der Waals surface area (Å²) in [6.07, 6.45) is 7.89. The maximum atomic E-state index is 12.0. The standard InChI is InChI=1S/C13H26N2O/c1-11(7-6-10-14)12(16)15-13(2)8-4-3-5-9-13/h11H,3-10,14H2,1-2H3,(H,15,16). The third kappa shape index (κ3) is 4.12. The first kappa shape index (κ1) is 13.5. The van der Waals surface area contributed by atoms with Crippen molar-refractivity contribution in [3.63, 3.8) is 0 Å². The normalized spacial score (nSPS) is 21.4. The number of hydrogen-bond donors (Lipinski definition) is 2. The lowest BCUT2D eigenvalue weighted by molar-refractivity contribution is -0.126. The van der Waals surface area contributed by atoms with E-state index in [0.29, 0.717) is 6.54 Å². The predicted molar refractivity (Wildman–Crippen MR) is 67.1 cm³/mol. The van der Waals surface area contributed by atoms with E-state index in [0.717, 1.165) is 25.7 Å². The molecule has 0 aliphatic heterocycles. The zero-order chi connectivity index (χ0) is 12.0. The summed E-state index contributed by atoms with van der Waals surface area (Å²) in [7, 11) is 0. The highest BCUT2D eigenvalue weighted by Gasteiger charge is 2.29. The molecule has 94 valence electrons. The molecule has 1 saturated carbocycles. The molecule has 0 heterocycles. The third-order valence-electron chi connectivity index (χ3n) is 3.67. The Hall–Kier alpha value is -0.570. The SMILES string of the molecule is CC(CCCN)C(=O)NC1(C)CCCCC1. The van der Waals surface area contributed by atoms with Crippen LogP contribution in [0.2, 0.25) is 0 Å². The highest BCUT2D eigenvalue weighted by atomic mass is 16.2. The topological polar surface area (TPSA) is 55.1 Å². The Morgan fingerprint density at radius 2 is 2.00 bits per heavy atom. The second kappa shape index (κ2) is 6.24. The number of hydrogen-bond acceptors (Lipinski definition) is 2. The zero-order valence-electron chi connectivity index (χ0n) is 10.7. The smallest absolute Gasteiger partial charge is 0.223 e. The highest BCUT2D eigenvalue weighted by molar-refractivity contribution is 5.79. The van der Waals surface area contributed by atoms with Gasteiger partial charge in [0.05, 0.1) is 0 Å². The van der Waals surface area contributed by atoms with Crippen molar-refractivity contribution < 1.29 is 4.79 Å². The van der Waals surface area contributed by atoms with Crippen LogP contribution in [0.1, 0.15) is 58.8 Å². The van der Waals surface area contributed by atoms with Crippen molar-refractivity contribution in [2.75, 3.05) is 6.54 Å². The molecule has 16 heavy (non-hydrogen) atoms. The molecule has 3 heteroatoms. The average molecular weight is 226 g/mol. The van der Waals surface area contributed by atoms with Gasteiger partial charge in [0.15, 0.2) is 0 Å². The maximum Gasteiger partial charge on any atom is 0.223 e. The number of amides is 1. The molecule has 1 rings (SSSR count). The Morgan fingerprint density at radius 3 is 2.56 bits per heavy atom. The van der Waals surface area contributed by atoms with E-state index < -0.39 is 0 Å². The Labute approximate surface area is 99.2 Å². The van der Waals surface area contributed by atoms with E-state index >= 15 is 0 Å². The van der Waals surface area contributed by atoms with Gasteiger partial charge in [-0.3, -0.25) is 4.79 Å². The third-order valence-corrected chi connectivity index (χ3v) is 3.67. The first-order valence-electron chi connectivity index (χ1n) is 6.59. The van der Waals surface area contributed by atoms with E-state index in [1.165, 1.54) is 19.3 Å². The summed E-state index contributed by atoms with van der Waals surface area (Å²) in [5.41, 5.74) is 5.50. The first-order chi connectivity index (χ1) is 7.57. The molecule has 0 aromatic rings. The molecule has 0 bridgehead atoms. The molecular formula is C13H26N2O. The molecule has 0 aromatic carbocycles. The van der Waals surface area contributed by atoms with Gasteiger partial charge in [-0.2, -0.15) is 0 Å². The van der Waals surface area contributed by atoms with Crippen LogP contribution in [0.4, 0.5) is 0 Å². The average Bonchev–Trinajstić information content (AvgIpc) is 2.26. The van der Waals surface area contributed by atoms with Crippen LogP contribution in [0, 0.1) is 5.92 Å². The van der Waals surface area contributed by atoms with Crippen LogP contribution in [0.15, 0.2) is 0 Å². The van der Waals surface area contributed by atoms with Gasteiger partial charge < -0.3 is 11.1 Å². The minimum Gasteiger partial charge on any atom is -0.351 e. The van der Waals surface area contributed by atoms with Gasteiger partial charge in [0.1, 0.15) is 0 Å². The largest absolute Gasteiger partial charge is 0.351 e. The molecule has 3 N–H and O–H groups in total. The Balaban J connectivity index is 2.36. The van der Waals surface area contributed by atoms with E-state index in [-0.39, 0.29) is 17.4 Å². The van der Waals surface area contributed by atoms with Crippen LogP contribution in [-0.4, -0.2) is 18.0 Å². The monoisotopic (exact) mass is 226 g/mol. The van der Waals surface area contributed by atoms with Crippen LogP contribution >= 0.6 is 0 Å². The lowest BCUT2D eigenvalue weighted by atomic mass is 9.83. The van der Waals surface area contributed by atoms with Crippen molar-refractivity contribution in [2.24, 2.45) is 11.7 Å². The zero-order valence-corrected chi connectivity index (χ0v) is 10.7. The van der Waals surface area contributed by atoms with Gasteiger partial charge in [-0.1, -0.05) is 26.2 Å². The summed E-state index contributed by atoms with van der Waals surface area (Å²) in [6, 6.07) is 0. The predicted octanol–water partition coefficient (Wildman–Crippen LogP) is 2.20. The minimum absolute atomic E-state index is 0.0479. The number of nitrogens with two attached hydrogens (primary N) is 1. The van der Waals surface area contributed by atoms with Gasteiger partial charge in [0.2, 0.25) is 5.91 Å². The van der Waals surface area contributed by atoms with Crippen molar-refractivity contribution in [3.05, 3.63) is 0 Å². The van der Waals surface area contributed by atoms with Crippen molar-refractivity contribution in [1.29, 1.82) is 0 Å². The summed E-state index contributed by atoms with van der Waals surface area (Å²) in [5.74, 6) is 0.306. The van der Waals surface area contributed by atoms with Crippen molar-refractivity contribution in [2.45, 2.75) is 64.3 Å². The van der Waals surface area contributed by atoms with Gasteiger partial charge in [-0.15, -0.1) is 0 Å². The second-order valence-corrected chi connectivity index (χ2v) is 5.44. The molecule has 1 unspecified atom stereocenters. The minimum atomic E-state index is 0.0479. The maximum absolute atomic E-state index is 12.0. The van der Waals surface area contributed by atoms with Crippen LogP contribution < -0.4 is 11.1 Å². The lowest BCUT2D eigenvalue weighted by Crippen LogP contribution is -2.49. The van der Waals surface area contributed by atoms with Crippen LogP contribution in [0.3, 0.4) is 0 Å². The molecule has 1 atom stereocenters. The first-order valence-corrected chi connectivity index (χ1v) is 6.59. The fourth-order valence-electron chi connectivity index (χ4n) is 2.43. The number of nitrogens with one attached hydrogen (secondary N) is 1. The molecule has 0 spiro atoms. The molecule has 0 radical (unpaired) electrons. The molecule has 1 fully saturated rings. The van der Waals surface area contributed by atoms with E-state index in [9.17, 15) is 4.79 Å². The van der Waals surface area contributed by atoms with Gasteiger partial charge >= 0.3 is 0 Å². The van der Waals surface area contributed by atoms with E-state index in [4.69, 9.17) is 5.73 Å². The van der Waals surface area contributed by atoms with Gasteiger partial charge in [0, 0.05) is 11.5 Å². The van der Waals surface area contributed by atoms with Gasteiger partial charge in [-0.05, 0) is 39.2 Å². The van der Waals surface area contributed by atoms with Crippen molar-refractivity contribution in [1.82, 2.24) is 5.32 Å². The van der Waals surface area contributed by atoms with E-state index in [2.05, 4.69) is 12.2 Å². The Morgan fingerprint density at radius 1 is 1.38 bits per heavy atom. The van der Waals surface area contributed by atoms with Crippen LogP contribution in [0.5, 0.6) is 0 Å². The molecule has 0 aromatic heterocycles. The Bertz CT molecular complexity index is 222. The molecule has 3 nitrogen and oxygen atoms in total. The lowest BCUT2D eigenvalue weighted by Gasteiger charge is -2.35. The quantitative estimate of drug-likeness (QED) is 0.755. The second-order valence-electron chi connectivity index (χ2n) is 5.44. The molecule has 1 aliphatic rings. The summed E-state index contributed by atoms with van der Waals surface area (Å²) in [4.78, 5) is 12.0. The molecule has 1 aliphatic carbocycles. The number of carbonyl (C=O) groups excluding carboxylic acids is 1. The Kier molecular flexibility index (Phi) is 5.26. The fraction of sp³-hybridized carbons (Fsp3) is 0.923. The van der Waals surface area contributed by atoms with Gasteiger partial charge in [0.25, 0.3) is 0 Å². The molecule has 1 amide bonds. The number of rotatable bonds is 5. The fourth-order valence-corrected chi connectivity index (χ4v) is 2.43. The van der Waals surface area contributed by atoms with Crippen molar-refractivity contribution in [3.8, 4) is 0 Å². The molecular weight excluding hydrogens is 200 g/mol. The van der Waals surface area contributed by atoms with E-state index in [1.54, 1.807) is 0 Å². The summed E-state index contributed by atoms with van der Waals surface area (Å²) in [5, 5.41) is 3.22. The van der Waals surface area contributed by atoms with Crippen molar-refractivity contribution >= 4 is 5.91 Å². The van der Waals surface area contributed by atoms with Crippen LogP contribution in [-0.2, 0) is 4.79 Å². The highest BCUT2D eigenvalue weighted by Crippen LogP contribution is 2.27. The summed E-state index contributed by atoms with van der Waals surface area (Å²) >= 11 is 0. The summed E-state index contributed by atoms with van der Waals surface area (Å²) < 4.78 is 0.